The molecule has 0 unspecified atom stereocenters. The van der Waals surface area contributed by atoms with Gasteiger partial charge in [-0.1, -0.05) is 6.92 Å². The Labute approximate surface area is 82.8 Å². The average molecular weight is 201 g/mol. The predicted molar refractivity (Wildman–Crippen MR) is 52.3 cm³/mol. The quantitative estimate of drug-likeness (QED) is 0.630. The molecule has 0 aromatic rings. The number of nitrogens with zero attached hydrogens (tertiary/aromatic N) is 1. The van der Waals surface area contributed by atoms with Crippen LogP contribution in [0.3, 0.4) is 0 Å². The average Bonchev–Trinajstić information content (AvgIpc) is 2.09. The molecule has 2 heterocycles. The second kappa shape index (κ2) is 3.50. The Balaban J connectivity index is 2.05. The van der Waals surface area contributed by atoms with Gasteiger partial charge in [-0.15, -0.1) is 11.8 Å². The molecule has 2 fully saturated rings. The lowest BCUT2D eigenvalue weighted by molar-refractivity contribution is -0.169. The van der Waals surface area contributed by atoms with Gasteiger partial charge in [0.25, 0.3) is 0 Å². The van der Waals surface area contributed by atoms with Crippen LogP contribution in [-0.2, 0) is 9.53 Å². The minimum atomic E-state index is 0.0394. The van der Waals surface area contributed by atoms with Crippen LogP contribution in [0.2, 0.25) is 0 Å². The van der Waals surface area contributed by atoms with Crippen molar-refractivity contribution in [3.8, 4) is 0 Å². The van der Waals surface area contributed by atoms with E-state index in [1.165, 1.54) is 0 Å². The molecule has 2 rings (SSSR count). The van der Waals surface area contributed by atoms with Gasteiger partial charge in [0.1, 0.15) is 6.23 Å². The standard InChI is InChI=1S/C9H15NO2S/c1-3-12-9-6(2)5-13-8-4-7(11)10(8)9/h6,8-9H,3-5H2,1-2H3/t6-,8+,9-/m0/s1. The van der Waals surface area contributed by atoms with Gasteiger partial charge < -0.3 is 9.64 Å². The Hall–Kier alpha value is -0.220. The normalized spacial score (nSPS) is 38.5. The van der Waals surface area contributed by atoms with Crippen LogP contribution in [0.25, 0.3) is 0 Å². The Bertz CT molecular complexity index is 222. The van der Waals surface area contributed by atoms with Gasteiger partial charge in [0, 0.05) is 18.3 Å². The molecule has 0 N–H and O–H groups in total. The maximum absolute atomic E-state index is 11.3. The summed E-state index contributed by atoms with van der Waals surface area (Å²) in [6, 6.07) is 0. The first-order valence-electron chi connectivity index (χ1n) is 4.78. The van der Waals surface area contributed by atoms with E-state index >= 15 is 0 Å². The molecule has 0 radical (unpaired) electrons. The van der Waals surface area contributed by atoms with E-state index in [-0.39, 0.29) is 12.1 Å². The molecule has 2 aliphatic rings. The van der Waals surface area contributed by atoms with Gasteiger partial charge >= 0.3 is 0 Å². The molecular formula is C9H15NO2S. The Morgan fingerprint density at radius 3 is 3.08 bits per heavy atom. The maximum atomic E-state index is 11.3. The van der Waals surface area contributed by atoms with Gasteiger partial charge in [-0.3, -0.25) is 4.79 Å². The smallest absolute Gasteiger partial charge is 0.228 e. The molecule has 74 valence electrons. The Morgan fingerprint density at radius 2 is 2.46 bits per heavy atom. The van der Waals surface area contributed by atoms with E-state index in [0.29, 0.717) is 24.3 Å². The second-order valence-electron chi connectivity index (χ2n) is 3.62. The summed E-state index contributed by atoms with van der Waals surface area (Å²) in [6.07, 6.45) is 0.749. The van der Waals surface area contributed by atoms with Gasteiger partial charge in [-0.25, -0.2) is 0 Å². The summed E-state index contributed by atoms with van der Waals surface area (Å²) in [5, 5.41) is 0.403. The van der Waals surface area contributed by atoms with Crippen LogP contribution >= 0.6 is 11.8 Å². The van der Waals surface area contributed by atoms with Gasteiger partial charge in [0.2, 0.25) is 5.91 Å². The van der Waals surface area contributed by atoms with Crippen LogP contribution in [0, 0.1) is 5.92 Å². The van der Waals surface area contributed by atoms with E-state index in [4.69, 9.17) is 4.74 Å². The van der Waals surface area contributed by atoms with Crippen molar-refractivity contribution < 1.29 is 9.53 Å². The molecule has 1 amide bonds. The molecule has 4 heteroatoms. The van der Waals surface area contributed by atoms with Crippen molar-refractivity contribution in [2.24, 2.45) is 5.92 Å². The number of amides is 1. The first-order valence-corrected chi connectivity index (χ1v) is 5.83. The summed E-state index contributed by atoms with van der Waals surface area (Å²) in [4.78, 5) is 13.2. The van der Waals surface area contributed by atoms with Crippen molar-refractivity contribution in [2.75, 3.05) is 12.4 Å². The van der Waals surface area contributed by atoms with E-state index < -0.39 is 0 Å². The van der Waals surface area contributed by atoms with Crippen molar-refractivity contribution in [1.82, 2.24) is 4.90 Å². The third kappa shape index (κ3) is 1.46. The topological polar surface area (TPSA) is 29.5 Å². The van der Waals surface area contributed by atoms with Crippen LogP contribution < -0.4 is 0 Å². The number of hydrogen-bond donors (Lipinski definition) is 0. The Morgan fingerprint density at radius 1 is 1.69 bits per heavy atom. The van der Waals surface area contributed by atoms with Gasteiger partial charge in [-0.2, -0.15) is 0 Å². The lowest BCUT2D eigenvalue weighted by Crippen LogP contribution is -2.61. The highest BCUT2D eigenvalue weighted by molar-refractivity contribution is 8.00. The number of hydrogen-bond acceptors (Lipinski definition) is 3. The number of rotatable bonds is 2. The van der Waals surface area contributed by atoms with Crippen LogP contribution in [0.1, 0.15) is 20.3 Å². The number of thioether (sulfide) groups is 1. The summed E-state index contributed by atoms with van der Waals surface area (Å²) < 4.78 is 5.59. The van der Waals surface area contributed by atoms with Crippen molar-refractivity contribution in [2.45, 2.75) is 31.9 Å². The maximum Gasteiger partial charge on any atom is 0.228 e. The summed E-state index contributed by atoms with van der Waals surface area (Å²) in [5.41, 5.74) is 0. The zero-order valence-electron chi connectivity index (χ0n) is 8.03. The highest BCUT2D eigenvalue weighted by atomic mass is 32.2. The predicted octanol–water partition coefficient (Wildman–Crippen LogP) is 1.29. The molecule has 13 heavy (non-hydrogen) atoms. The summed E-state index contributed by atoms with van der Waals surface area (Å²) >= 11 is 1.88. The molecule has 3 atom stereocenters. The third-order valence-electron chi connectivity index (χ3n) is 2.60. The van der Waals surface area contributed by atoms with E-state index in [1.54, 1.807) is 0 Å². The molecule has 0 aliphatic carbocycles. The van der Waals surface area contributed by atoms with Crippen LogP contribution in [-0.4, -0.2) is 34.8 Å². The molecule has 2 saturated heterocycles. The van der Waals surface area contributed by atoms with Crippen molar-refractivity contribution in [3.05, 3.63) is 0 Å². The SMILES string of the molecule is CCO[C@H]1[C@@H](C)CS[C@@H]2CC(=O)N21. The number of β-lactam (4-membered cyclic amide) rings is 1. The highest BCUT2D eigenvalue weighted by Gasteiger charge is 2.46. The van der Waals surface area contributed by atoms with Crippen molar-refractivity contribution in [3.63, 3.8) is 0 Å². The fraction of sp³-hybridized carbons (Fsp3) is 0.889. The van der Waals surface area contributed by atoms with Gasteiger partial charge in [0.15, 0.2) is 0 Å². The fourth-order valence-corrected chi connectivity index (χ4v) is 3.23. The largest absolute Gasteiger partial charge is 0.358 e. The lowest BCUT2D eigenvalue weighted by atomic mass is 10.1. The van der Waals surface area contributed by atoms with Gasteiger partial charge in [-0.05, 0) is 6.92 Å². The molecule has 2 aliphatic heterocycles. The fourth-order valence-electron chi connectivity index (χ4n) is 1.88. The van der Waals surface area contributed by atoms with Crippen LogP contribution in [0.15, 0.2) is 0 Å². The molecule has 0 bridgehead atoms. The zero-order valence-corrected chi connectivity index (χ0v) is 8.84. The van der Waals surface area contributed by atoms with Crippen LogP contribution in [0.4, 0.5) is 0 Å². The first-order chi connectivity index (χ1) is 6.24. The van der Waals surface area contributed by atoms with Crippen molar-refractivity contribution in [1.29, 1.82) is 0 Å². The van der Waals surface area contributed by atoms with Gasteiger partial charge in [0.05, 0.1) is 11.8 Å². The zero-order chi connectivity index (χ0) is 9.42. The number of ether oxygens (including phenoxy) is 1. The monoisotopic (exact) mass is 201 g/mol. The second-order valence-corrected chi connectivity index (χ2v) is 4.83. The molecule has 0 spiro atoms. The minimum Gasteiger partial charge on any atom is -0.358 e. The van der Waals surface area contributed by atoms with E-state index in [2.05, 4.69) is 6.92 Å². The minimum absolute atomic E-state index is 0.0394. The summed E-state index contributed by atoms with van der Waals surface area (Å²) in [7, 11) is 0. The lowest BCUT2D eigenvalue weighted by Gasteiger charge is -2.50. The first kappa shape index (κ1) is 9.34. The van der Waals surface area contributed by atoms with Crippen molar-refractivity contribution >= 4 is 17.7 Å². The number of carbonyl (C=O) groups is 1. The molecule has 0 aromatic heterocycles. The summed E-state index contributed by atoms with van der Waals surface area (Å²) in [6.45, 7) is 4.82. The van der Waals surface area contributed by atoms with E-state index in [9.17, 15) is 4.79 Å². The summed E-state index contributed by atoms with van der Waals surface area (Å²) in [5.74, 6) is 1.83. The molecule has 3 nitrogen and oxygen atoms in total. The molecule has 0 saturated carbocycles. The molecule has 0 aromatic carbocycles. The van der Waals surface area contributed by atoms with E-state index in [0.717, 1.165) is 5.75 Å². The Kier molecular flexibility index (Phi) is 2.51. The van der Waals surface area contributed by atoms with E-state index in [1.807, 2.05) is 23.6 Å². The number of carbonyl (C=O) groups excluding carboxylic acids is 1. The number of fused-ring (bicyclic) bond motifs is 1. The highest BCUT2D eigenvalue weighted by Crippen LogP contribution is 2.40. The van der Waals surface area contributed by atoms with Crippen LogP contribution in [0.5, 0.6) is 0 Å². The third-order valence-corrected chi connectivity index (χ3v) is 4.09. The molecular weight excluding hydrogens is 186 g/mol.